The lowest BCUT2D eigenvalue weighted by Gasteiger charge is -2.18. The standard InChI is InChI=1S/C11H14N4OS/c12-11-13-9(8-2-4-17-10(8)14-11)15-3-1-7(5-15)6-16/h2,4,7,16H,1,3,5-6H2,(H2,12,13,14). The van der Waals surface area contributed by atoms with Crippen LogP contribution in [0.4, 0.5) is 11.8 Å². The van der Waals surface area contributed by atoms with E-state index < -0.39 is 0 Å². The van der Waals surface area contributed by atoms with Crippen molar-refractivity contribution in [3.05, 3.63) is 11.4 Å². The molecule has 90 valence electrons. The molecule has 1 saturated heterocycles. The predicted molar refractivity (Wildman–Crippen MR) is 69.2 cm³/mol. The van der Waals surface area contributed by atoms with Gasteiger partial charge in [0.15, 0.2) is 0 Å². The Hall–Kier alpha value is -1.40. The van der Waals surface area contributed by atoms with Crippen molar-refractivity contribution >= 4 is 33.3 Å². The first-order valence-corrected chi connectivity index (χ1v) is 6.52. The number of nitrogens with two attached hydrogens (primary N) is 1. The normalized spacial score (nSPS) is 20.3. The quantitative estimate of drug-likeness (QED) is 0.834. The van der Waals surface area contributed by atoms with E-state index in [4.69, 9.17) is 5.73 Å². The Bertz CT molecular complexity index is 541. The van der Waals surface area contributed by atoms with Crippen molar-refractivity contribution in [2.75, 3.05) is 30.3 Å². The van der Waals surface area contributed by atoms with Crippen LogP contribution >= 0.6 is 11.3 Å². The molecule has 3 rings (SSSR count). The van der Waals surface area contributed by atoms with E-state index in [9.17, 15) is 5.11 Å². The monoisotopic (exact) mass is 250 g/mol. The van der Waals surface area contributed by atoms with Gasteiger partial charge in [-0.05, 0) is 17.9 Å². The van der Waals surface area contributed by atoms with Gasteiger partial charge in [0, 0.05) is 25.6 Å². The molecule has 0 aliphatic carbocycles. The average molecular weight is 250 g/mol. The van der Waals surface area contributed by atoms with Crippen molar-refractivity contribution in [3.8, 4) is 0 Å². The number of aliphatic hydroxyl groups excluding tert-OH is 1. The fourth-order valence-corrected chi connectivity index (χ4v) is 3.04. The second kappa shape index (κ2) is 4.12. The minimum absolute atomic E-state index is 0.240. The van der Waals surface area contributed by atoms with E-state index in [1.54, 1.807) is 11.3 Å². The average Bonchev–Trinajstić information content (AvgIpc) is 2.95. The Morgan fingerprint density at radius 2 is 2.41 bits per heavy atom. The second-order valence-electron chi connectivity index (χ2n) is 4.33. The summed E-state index contributed by atoms with van der Waals surface area (Å²) >= 11 is 1.57. The Morgan fingerprint density at radius 3 is 3.18 bits per heavy atom. The zero-order valence-corrected chi connectivity index (χ0v) is 10.2. The lowest BCUT2D eigenvalue weighted by atomic mass is 10.1. The minimum Gasteiger partial charge on any atom is -0.396 e. The molecule has 6 heteroatoms. The van der Waals surface area contributed by atoms with Crippen molar-refractivity contribution in [1.82, 2.24) is 9.97 Å². The largest absolute Gasteiger partial charge is 0.396 e. The van der Waals surface area contributed by atoms with E-state index in [0.29, 0.717) is 11.9 Å². The molecule has 2 aromatic rings. The maximum absolute atomic E-state index is 9.18. The minimum atomic E-state index is 0.240. The SMILES string of the molecule is Nc1nc(N2CCC(CO)C2)c2ccsc2n1. The molecule has 5 nitrogen and oxygen atoms in total. The van der Waals surface area contributed by atoms with Crippen molar-refractivity contribution in [1.29, 1.82) is 0 Å². The number of aromatic nitrogens is 2. The highest BCUT2D eigenvalue weighted by Gasteiger charge is 2.24. The molecule has 1 fully saturated rings. The summed E-state index contributed by atoms with van der Waals surface area (Å²) in [5.74, 6) is 1.58. The number of hydrogen-bond donors (Lipinski definition) is 2. The summed E-state index contributed by atoms with van der Waals surface area (Å²) in [4.78, 5) is 11.7. The summed E-state index contributed by atoms with van der Waals surface area (Å²) in [6.45, 7) is 2.01. The lowest BCUT2D eigenvalue weighted by Crippen LogP contribution is -2.22. The Labute approximate surface area is 103 Å². The van der Waals surface area contributed by atoms with Crippen LogP contribution in [0.2, 0.25) is 0 Å². The molecule has 1 aliphatic rings. The zero-order chi connectivity index (χ0) is 11.8. The topological polar surface area (TPSA) is 75.3 Å². The first-order valence-electron chi connectivity index (χ1n) is 5.64. The molecule has 0 aromatic carbocycles. The van der Waals surface area contributed by atoms with Gasteiger partial charge in [-0.2, -0.15) is 4.98 Å². The smallest absolute Gasteiger partial charge is 0.223 e. The molecule has 0 spiro atoms. The van der Waals surface area contributed by atoms with Gasteiger partial charge in [0.05, 0.1) is 5.39 Å². The molecule has 1 atom stereocenters. The number of aliphatic hydroxyl groups is 1. The molecule has 0 saturated carbocycles. The van der Waals surface area contributed by atoms with Gasteiger partial charge in [0.1, 0.15) is 10.6 Å². The molecule has 3 N–H and O–H groups in total. The van der Waals surface area contributed by atoms with Crippen LogP contribution in [0.5, 0.6) is 0 Å². The number of anilines is 2. The first kappa shape index (κ1) is 10.7. The van der Waals surface area contributed by atoms with Crippen molar-refractivity contribution in [2.45, 2.75) is 6.42 Å². The van der Waals surface area contributed by atoms with E-state index in [1.807, 2.05) is 11.4 Å². The first-order chi connectivity index (χ1) is 8.28. The number of hydrogen-bond acceptors (Lipinski definition) is 6. The van der Waals surface area contributed by atoms with E-state index in [1.165, 1.54) is 0 Å². The molecule has 0 radical (unpaired) electrons. The molecule has 2 aromatic heterocycles. The Morgan fingerprint density at radius 1 is 1.53 bits per heavy atom. The lowest BCUT2D eigenvalue weighted by molar-refractivity contribution is 0.238. The third kappa shape index (κ3) is 1.83. The van der Waals surface area contributed by atoms with Gasteiger partial charge >= 0.3 is 0 Å². The van der Waals surface area contributed by atoms with Crippen LogP contribution in [0.1, 0.15) is 6.42 Å². The number of rotatable bonds is 2. The maximum Gasteiger partial charge on any atom is 0.223 e. The number of nitrogens with zero attached hydrogens (tertiary/aromatic N) is 3. The fraction of sp³-hybridized carbons (Fsp3) is 0.455. The van der Waals surface area contributed by atoms with E-state index >= 15 is 0 Å². The van der Waals surface area contributed by atoms with Crippen LogP contribution in [0, 0.1) is 5.92 Å². The van der Waals surface area contributed by atoms with E-state index in [0.717, 1.165) is 35.5 Å². The van der Waals surface area contributed by atoms with Gasteiger partial charge in [0.2, 0.25) is 5.95 Å². The van der Waals surface area contributed by atoms with Crippen molar-refractivity contribution in [2.24, 2.45) is 5.92 Å². The van der Waals surface area contributed by atoms with Gasteiger partial charge in [-0.1, -0.05) is 0 Å². The zero-order valence-electron chi connectivity index (χ0n) is 9.33. The highest BCUT2D eigenvalue weighted by atomic mass is 32.1. The van der Waals surface area contributed by atoms with Gasteiger partial charge in [0.25, 0.3) is 0 Å². The summed E-state index contributed by atoms with van der Waals surface area (Å²) < 4.78 is 0. The highest BCUT2D eigenvalue weighted by Crippen LogP contribution is 2.31. The van der Waals surface area contributed by atoms with Gasteiger partial charge < -0.3 is 15.7 Å². The summed E-state index contributed by atoms with van der Waals surface area (Å²) in [6.07, 6.45) is 1.01. The molecular formula is C11H14N4OS. The van der Waals surface area contributed by atoms with Crippen LogP contribution in [0.25, 0.3) is 10.2 Å². The van der Waals surface area contributed by atoms with Crippen molar-refractivity contribution in [3.63, 3.8) is 0 Å². The van der Waals surface area contributed by atoms with E-state index in [2.05, 4.69) is 14.9 Å². The van der Waals surface area contributed by atoms with Crippen molar-refractivity contribution < 1.29 is 5.11 Å². The summed E-state index contributed by atoms with van der Waals surface area (Å²) in [5.41, 5.74) is 5.73. The van der Waals surface area contributed by atoms with Crippen LogP contribution in [0.3, 0.4) is 0 Å². The summed E-state index contributed by atoms with van der Waals surface area (Å²) in [7, 11) is 0. The Kier molecular flexibility index (Phi) is 2.60. The van der Waals surface area contributed by atoms with Gasteiger partial charge in [-0.15, -0.1) is 11.3 Å². The Balaban J connectivity index is 2.02. The molecule has 1 unspecified atom stereocenters. The predicted octanol–water partition coefficient (Wildman–Crippen LogP) is 1.09. The molecule has 0 amide bonds. The van der Waals surface area contributed by atoms with E-state index in [-0.39, 0.29) is 6.61 Å². The highest BCUT2D eigenvalue weighted by molar-refractivity contribution is 7.16. The van der Waals surface area contributed by atoms with Crippen LogP contribution in [0.15, 0.2) is 11.4 Å². The van der Waals surface area contributed by atoms with Crippen LogP contribution in [-0.2, 0) is 0 Å². The summed E-state index contributed by atoms with van der Waals surface area (Å²) in [5, 5.41) is 12.2. The second-order valence-corrected chi connectivity index (χ2v) is 5.22. The fourth-order valence-electron chi connectivity index (χ4n) is 2.27. The van der Waals surface area contributed by atoms with Crippen LogP contribution < -0.4 is 10.6 Å². The third-order valence-corrected chi connectivity index (χ3v) is 3.97. The molecule has 17 heavy (non-hydrogen) atoms. The van der Waals surface area contributed by atoms with Gasteiger partial charge in [-0.3, -0.25) is 0 Å². The van der Waals surface area contributed by atoms with Crippen LogP contribution in [-0.4, -0.2) is 34.8 Å². The van der Waals surface area contributed by atoms with Gasteiger partial charge in [-0.25, -0.2) is 4.98 Å². The molecular weight excluding hydrogens is 236 g/mol. The maximum atomic E-state index is 9.18. The molecule has 1 aliphatic heterocycles. The third-order valence-electron chi connectivity index (χ3n) is 3.17. The number of nitrogen functional groups attached to an aromatic ring is 1. The number of fused-ring (bicyclic) bond motifs is 1. The molecule has 0 bridgehead atoms. The summed E-state index contributed by atoms with van der Waals surface area (Å²) in [6, 6.07) is 2.03. The molecule has 3 heterocycles. The number of thiophene rings is 1.